The second kappa shape index (κ2) is 7.27. The highest BCUT2D eigenvalue weighted by atomic mass is 35.5. The second-order valence-electron chi connectivity index (χ2n) is 4.80. The van der Waals surface area contributed by atoms with Crippen LogP contribution in [-0.4, -0.2) is 20.1 Å². The lowest BCUT2D eigenvalue weighted by Crippen LogP contribution is -2.29. The van der Waals surface area contributed by atoms with E-state index >= 15 is 0 Å². The molecule has 0 aromatic heterocycles. The smallest absolute Gasteiger partial charge is 0.235 e. The fraction of sp³-hybridized carbons (Fsp3) is 0.125. The molecule has 2 aromatic rings. The van der Waals surface area contributed by atoms with Gasteiger partial charge in [-0.05, 0) is 42.0 Å². The van der Waals surface area contributed by atoms with Crippen LogP contribution >= 0.6 is 11.6 Å². The summed E-state index contributed by atoms with van der Waals surface area (Å²) in [5.41, 5.74) is 1.30. The molecule has 2 aromatic carbocycles. The van der Waals surface area contributed by atoms with Crippen LogP contribution in [0.3, 0.4) is 0 Å². The predicted octanol–water partition coefficient (Wildman–Crippen LogP) is 2.30. The average molecular weight is 349 g/mol. The first kappa shape index (κ1) is 17.0. The highest BCUT2D eigenvalue weighted by Crippen LogP contribution is 2.15. The third kappa shape index (κ3) is 4.81. The van der Waals surface area contributed by atoms with Crippen molar-refractivity contribution in [3.05, 3.63) is 64.7 Å². The Balaban J connectivity index is 1.95. The van der Waals surface area contributed by atoms with Crippen molar-refractivity contribution in [3.8, 4) is 6.07 Å². The van der Waals surface area contributed by atoms with Crippen molar-refractivity contribution in [2.45, 2.75) is 11.4 Å². The van der Waals surface area contributed by atoms with Crippen LogP contribution in [0.2, 0.25) is 5.02 Å². The maximum Gasteiger partial charge on any atom is 0.235 e. The van der Waals surface area contributed by atoms with E-state index in [0.717, 1.165) is 5.56 Å². The number of rotatable bonds is 5. The van der Waals surface area contributed by atoms with Crippen molar-refractivity contribution >= 4 is 27.3 Å². The predicted molar refractivity (Wildman–Crippen MR) is 86.5 cm³/mol. The third-order valence-corrected chi connectivity index (χ3v) is 4.95. The normalized spacial score (nSPS) is 10.8. The van der Waals surface area contributed by atoms with Crippen molar-refractivity contribution in [2.75, 3.05) is 5.75 Å². The molecule has 0 atom stereocenters. The Hall–Kier alpha value is -2.36. The van der Waals surface area contributed by atoms with Gasteiger partial charge in [-0.25, -0.2) is 8.42 Å². The average Bonchev–Trinajstić information content (AvgIpc) is 2.53. The van der Waals surface area contributed by atoms with Crippen LogP contribution in [0.1, 0.15) is 11.1 Å². The van der Waals surface area contributed by atoms with Gasteiger partial charge in [0.05, 0.1) is 16.5 Å². The quantitative estimate of drug-likeness (QED) is 0.898. The van der Waals surface area contributed by atoms with E-state index < -0.39 is 21.5 Å². The Kier molecular flexibility index (Phi) is 5.37. The first-order valence-electron chi connectivity index (χ1n) is 6.65. The van der Waals surface area contributed by atoms with Gasteiger partial charge in [-0.1, -0.05) is 23.7 Å². The van der Waals surface area contributed by atoms with Gasteiger partial charge in [0.25, 0.3) is 0 Å². The molecule has 5 nitrogen and oxygen atoms in total. The number of carbonyl (C=O) groups is 1. The molecule has 0 aliphatic rings. The Bertz CT molecular complexity index is 838. The number of benzene rings is 2. The summed E-state index contributed by atoms with van der Waals surface area (Å²) in [6, 6.07) is 14.3. The molecule has 23 heavy (non-hydrogen) atoms. The van der Waals surface area contributed by atoms with Crippen LogP contribution in [-0.2, 0) is 21.2 Å². The van der Waals surface area contributed by atoms with E-state index in [1.54, 1.807) is 24.3 Å². The minimum absolute atomic E-state index is 0.0513. The molecule has 2 rings (SSSR count). The highest BCUT2D eigenvalue weighted by molar-refractivity contribution is 7.92. The minimum Gasteiger partial charge on any atom is -0.351 e. The van der Waals surface area contributed by atoms with Crippen LogP contribution in [0.25, 0.3) is 0 Å². The molecule has 7 heteroatoms. The summed E-state index contributed by atoms with van der Waals surface area (Å²) in [7, 11) is -3.71. The van der Waals surface area contributed by atoms with Gasteiger partial charge in [-0.3, -0.25) is 4.79 Å². The number of halogens is 1. The lowest BCUT2D eigenvalue weighted by molar-refractivity contribution is -0.118. The fourth-order valence-electron chi connectivity index (χ4n) is 1.85. The zero-order chi connectivity index (χ0) is 16.9. The van der Waals surface area contributed by atoms with E-state index in [1.165, 1.54) is 24.3 Å². The molecule has 0 heterocycles. The number of hydrogen-bond acceptors (Lipinski definition) is 4. The summed E-state index contributed by atoms with van der Waals surface area (Å²) in [4.78, 5) is 11.9. The third-order valence-electron chi connectivity index (χ3n) is 3.07. The van der Waals surface area contributed by atoms with Crippen LogP contribution < -0.4 is 5.32 Å². The molecule has 0 fully saturated rings. The van der Waals surface area contributed by atoms with Crippen molar-refractivity contribution < 1.29 is 13.2 Å². The van der Waals surface area contributed by atoms with Gasteiger partial charge in [0.15, 0.2) is 9.84 Å². The minimum atomic E-state index is -3.71. The van der Waals surface area contributed by atoms with E-state index in [0.29, 0.717) is 10.6 Å². The molecule has 0 bridgehead atoms. The standard InChI is InChI=1S/C16H13ClN2O3S/c17-14-5-7-15(8-6-14)23(21,22)11-16(20)19-10-13-3-1-12(9-18)2-4-13/h1-8H,10-11H2,(H,19,20). The van der Waals surface area contributed by atoms with Gasteiger partial charge in [0.2, 0.25) is 5.91 Å². The molecule has 0 aliphatic carbocycles. The van der Waals surface area contributed by atoms with E-state index in [9.17, 15) is 13.2 Å². The Morgan fingerprint density at radius 3 is 2.26 bits per heavy atom. The summed E-state index contributed by atoms with van der Waals surface area (Å²) in [5, 5.41) is 11.7. The Morgan fingerprint density at radius 2 is 1.70 bits per heavy atom. The topological polar surface area (TPSA) is 87.0 Å². The largest absolute Gasteiger partial charge is 0.351 e. The molecule has 0 spiro atoms. The monoisotopic (exact) mass is 348 g/mol. The Labute approximate surface area is 139 Å². The lowest BCUT2D eigenvalue weighted by atomic mass is 10.1. The van der Waals surface area contributed by atoms with Gasteiger partial charge in [0, 0.05) is 11.6 Å². The Morgan fingerprint density at radius 1 is 1.09 bits per heavy atom. The van der Waals surface area contributed by atoms with Crippen LogP contribution in [0, 0.1) is 11.3 Å². The molecule has 1 N–H and O–H groups in total. The van der Waals surface area contributed by atoms with Crippen LogP contribution in [0.4, 0.5) is 0 Å². The lowest BCUT2D eigenvalue weighted by Gasteiger charge is -2.07. The molecular weight excluding hydrogens is 336 g/mol. The van der Waals surface area contributed by atoms with Crippen molar-refractivity contribution in [1.29, 1.82) is 5.26 Å². The van der Waals surface area contributed by atoms with Gasteiger partial charge >= 0.3 is 0 Å². The van der Waals surface area contributed by atoms with Gasteiger partial charge in [-0.15, -0.1) is 0 Å². The summed E-state index contributed by atoms with van der Waals surface area (Å²) < 4.78 is 24.2. The zero-order valence-corrected chi connectivity index (χ0v) is 13.6. The second-order valence-corrected chi connectivity index (χ2v) is 7.22. The van der Waals surface area contributed by atoms with E-state index in [-0.39, 0.29) is 11.4 Å². The number of nitriles is 1. The zero-order valence-electron chi connectivity index (χ0n) is 12.0. The number of carbonyl (C=O) groups excluding carboxylic acids is 1. The van der Waals surface area contributed by atoms with Crippen molar-refractivity contribution in [3.63, 3.8) is 0 Å². The summed E-state index contributed by atoms with van der Waals surface area (Å²) in [6.45, 7) is 0.195. The molecule has 0 saturated heterocycles. The fourth-order valence-corrected chi connectivity index (χ4v) is 3.14. The number of sulfone groups is 1. The summed E-state index contributed by atoms with van der Waals surface area (Å²) in [5.74, 6) is -1.23. The van der Waals surface area contributed by atoms with Gasteiger partial charge < -0.3 is 5.32 Å². The van der Waals surface area contributed by atoms with Gasteiger partial charge in [-0.2, -0.15) is 5.26 Å². The van der Waals surface area contributed by atoms with Crippen LogP contribution in [0.5, 0.6) is 0 Å². The van der Waals surface area contributed by atoms with Crippen molar-refractivity contribution in [2.24, 2.45) is 0 Å². The summed E-state index contributed by atoms with van der Waals surface area (Å²) in [6.07, 6.45) is 0. The first-order chi connectivity index (χ1) is 10.9. The molecule has 0 aliphatic heterocycles. The SMILES string of the molecule is N#Cc1ccc(CNC(=O)CS(=O)(=O)c2ccc(Cl)cc2)cc1. The molecule has 0 unspecified atom stereocenters. The summed E-state index contributed by atoms with van der Waals surface area (Å²) >= 11 is 5.71. The first-order valence-corrected chi connectivity index (χ1v) is 8.68. The number of amides is 1. The maximum atomic E-state index is 12.1. The van der Waals surface area contributed by atoms with E-state index in [1.807, 2.05) is 6.07 Å². The van der Waals surface area contributed by atoms with Crippen LogP contribution in [0.15, 0.2) is 53.4 Å². The number of hydrogen-bond donors (Lipinski definition) is 1. The maximum absolute atomic E-state index is 12.1. The molecule has 0 radical (unpaired) electrons. The molecule has 1 amide bonds. The highest BCUT2D eigenvalue weighted by Gasteiger charge is 2.19. The number of nitrogens with one attached hydrogen (secondary N) is 1. The van der Waals surface area contributed by atoms with E-state index in [2.05, 4.69) is 5.32 Å². The molecular formula is C16H13ClN2O3S. The van der Waals surface area contributed by atoms with E-state index in [4.69, 9.17) is 16.9 Å². The van der Waals surface area contributed by atoms with Crippen molar-refractivity contribution in [1.82, 2.24) is 5.32 Å². The number of nitrogens with zero attached hydrogens (tertiary/aromatic N) is 1. The molecule has 118 valence electrons. The molecule has 0 saturated carbocycles. The van der Waals surface area contributed by atoms with Gasteiger partial charge in [0.1, 0.15) is 5.75 Å².